The van der Waals surface area contributed by atoms with E-state index in [1.165, 1.54) is 4.90 Å². The molecule has 0 spiro atoms. The number of amides is 1. The monoisotopic (exact) mass is 343 g/mol. The van der Waals surface area contributed by atoms with Gasteiger partial charge in [0.15, 0.2) is 9.84 Å². The summed E-state index contributed by atoms with van der Waals surface area (Å²) in [6.07, 6.45) is 0.668. The molecule has 0 N–H and O–H groups in total. The van der Waals surface area contributed by atoms with Crippen molar-refractivity contribution in [2.45, 2.75) is 30.5 Å². The van der Waals surface area contributed by atoms with Gasteiger partial charge < -0.3 is 4.90 Å². The summed E-state index contributed by atoms with van der Waals surface area (Å²) in [7, 11) is -3.19. The standard InChI is InChI=1S/C10H18BrNO3S2/c1-3-8(11)10(13)12-5-6-16-7-9(12)17(14,15)4-2/h8-9H,3-7H2,1-2H3. The highest BCUT2D eigenvalue weighted by Gasteiger charge is 2.37. The van der Waals surface area contributed by atoms with Gasteiger partial charge in [0.05, 0.1) is 4.83 Å². The molecule has 2 atom stereocenters. The lowest BCUT2D eigenvalue weighted by Crippen LogP contribution is -2.52. The number of hydrogen-bond acceptors (Lipinski definition) is 4. The highest BCUT2D eigenvalue weighted by atomic mass is 79.9. The van der Waals surface area contributed by atoms with Gasteiger partial charge in [-0.15, -0.1) is 0 Å². The Balaban J connectivity index is 2.91. The number of halogens is 1. The van der Waals surface area contributed by atoms with Crippen molar-refractivity contribution in [1.29, 1.82) is 0 Å². The number of alkyl halides is 1. The largest absolute Gasteiger partial charge is 0.323 e. The molecule has 0 aromatic rings. The summed E-state index contributed by atoms with van der Waals surface area (Å²) in [5.41, 5.74) is 0. The van der Waals surface area contributed by atoms with Crippen LogP contribution < -0.4 is 0 Å². The van der Waals surface area contributed by atoms with Crippen LogP contribution in [0.5, 0.6) is 0 Å². The van der Waals surface area contributed by atoms with E-state index in [2.05, 4.69) is 15.9 Å². The van der Waals surface area contributed by atoms with Gasteiger partial charge in [0, 0.05) is 23.8 Å². The van der Waals surface area contributed by atoms with Crippen LogP contribution in [0.15, 0.2) is 0 Å². The zero-order chi connectivity index (χ0) is 13.1. The number of carbonyl (C=O) groups is 1. The number of sulfone groups is 1. The Morgan fingerprint density at radius 1 is 1.53 bits per heavy atom. The van der Waals surface area contributed by atoms with Gasteiger partial charge in [-0.2, -0.15) is 11.8 Å². The van der Waals surface area contributed by atoms with E-state index < -0.39 is 15.2 Å². The molecule has 0 aliphatic carbocycles. The molecule has 17 heavy (non-hydrogen) atoms. The maximum atomic E-state index is 12.1. The molecular weight excluding hydrogens is 326 g/mol. The van der Waals surface area contributed by atoms with Crippen molar-refractivity contribution in [1.82, 2.24) is 4.90 Å². The second-order valence-corrected chi connectivity index (χ2v) is 8.59. The average molecular weight is 344 g/mol. The zero-order valence-electron chi connectivity index (χ0n) is 10.1. The average Bonchev–Trinajstić information content (AvgIpc) is 2.36. The van der Waals surface area contributed by atoms with E-state index in [-0.39, 0.29) is 16.5 Å². The van der Waals surface area contributed by atoms with Crippen molar-refractivity contribution in [2.24, 2.45) is 0 Å². The first kappa shape index (κ1) is 15.3. The Morgan fingerprint density at radius 2 is 2.18 bits per heavy atom. The fourth-order valence-electron chi connectivity index (χ4n) is 1.68. The first-order valence-electron chi connectivity index (χ1n) is 5.67. The predicted molar refractivity (Wildman–Crippen MR) is 75.3 cm³/mol. The number of rotatable bonds is 4. The molecule has 1 saturated heterocycles. The lowest BCUT2D eigenvalue weighted by Gasteiger charge is -2.35. The molecule has 1 aliphatic heterocycles. The van der Waals surface area contributed by atoms with E-state index >= 15 is 0 Å². The van der Waals surface area contributed by atoms with Gasteiger partial charge in [0.1, 0.15) is 5.37 Å². The van der Waals surface area contributed by atoms with Crippen LogP contribution in [-0.2, 0) is 14.6 Å². The third kappa shape index (κ3) is 3.61. The van der Waals surface area contributed by atoms with Crippen molar-refractivity contribution < 1.29 is 13.2 Å². The smallest absolute Gasteiger partial charge is 0.237 e. The quantitative estimate of drug-likeness (QED) is 0.726. The molecule has 1 rings (SSSR count). The van der Waals surface area contributed by atoms with Gasteiger partial charge in [-0.05, 0) is 6.42 Å². The third-order valence-corrected chi connectivity index (χ3v) is 7.14. The Labute approximate surface area is 116 Å². The minimum Gasteiger partial charge on any atom is -0.323 e. The second kappa shape index (κ2) is 6.43. The molecule has 2 unspecified atom stereocenters. The summed E-state index contributed by atoms with van der Waals surface area (Å²) in [4.78, 5) is 13.4. The molecule has 0 aromatic carbocycles. The van der Waals surface area contributed by atoms with Gasteiger partial charge in [-0.25, -0.2) is 8.42 Å². The van der Waals surface area contributed by atoms with Crippen LogP contribution in [0.4, 0.5) is 0 Å². The Morgan fingerprint density at radius 3 is 2.71 bits per heavy atom. The van der Waals surface area contributed by atoms with Gasteiger partial charge in [-0.1, -0.05) is 29.8 Å². The lowest BCUT2D eigenvalue weighted by molar-refractivity contribution is -0.130. The molecule has 7 heteroatoms. The minimum absolute atomic E-state index is 0.0844. The molecule has 1 fully saturated rings. The Kier molecular flexibility index (Phi) is 5.79. The summed E-state index contributed by atoms with van der Waals surface area (Å²) in [5, 5.41) is -0.648. The summed E-state index contributed by atoms with van der Waals surface area (Å²) >= 11 is 4.90. The summed E-state index contributed by atoms with van der Waals surface area (Å²) in [6, 6.07) is 0. The van der Waals surface area contributed by atoms with Crippen LogP contribution in [0.1, 0.15) is 20.3 Å². The summed E-state index contributed by atoms with van der Waals surface area (Å²) in [5.74, 6) is 1.28. The van der Waals surface area contributed by atoms with Gasteiger partial charge in [0.25, 0.3) is 0 Å². The van der Waals surface area contributed by atoms with E-state index in [1.807, 2.05) is 6.92 Å². The number of carbonyl (C=O) groups excluding carboxylic acids is 1. The van der Waals surface area contributed by atoms with E-state index in [0.29, 0.717) is 18.7 Å². The molecule has 4 nitrogen and oxygen atoms in total. The van der Waals surface area contributed by atoms with Gasteiger partial charge in [0.2, 0.25) is 5.91 Å². The second-order valence-electron chi connectivity index (χ2n) is 3.89. The molecule has 0 bridgehead atoms. The SMILES string of the molecule is CCC(Br)C(=O)N1CCSCC1S(=O)(=O)CC. The highest BCUT2D eigenvalue weighted by molar-refractivity contribution is 9.10. The van der Waals surface area contributed by atoms with Crippen molar-refractivity contribution in [3.8, 4) is 0 Å². The van der Waals surface area contributed by atoms with Crippen LogP contribution >= 0.6 is 27.7 Å². The van der Waals surface area contributed by atoms with Crippen molar-refractivity contribution in [2.75, 3.05) is 23.8 Å². The first-order valence-corrected chi connectivity index (χ1v) is 9.46. The topological polar surface area (TPSA) is 54.5 Å². The molecule has 0 aromatic heterocycles. The van der Waals surface area contributed by atoms with E-state index in [9.17, 15) is 13.2 Å². The lowest BCUT2D eigenvalue weighted by atomic mass is 10.3. The molecule has 0 saturated carbocycles. The maximum absolute atomic E-state index is 12.1. The minimum atomic E-state index is -3.19. The van der Waals surface area contributed by atoms with Gasteiger partial charge in [-0.3, -0.25) is 4.79 Å². The van der Waals surface area contributed by atoms with Crippen LogP contribution in [-0.4, -0.2) is 53.2 Å². The maximum Gasteiger partial charge on any atom is 0.237 e. The van der Waals surface area contributed by atoms with Gasteiger partial charge >= 0.3 is 0 Å². The van der Waals surface area contributed by atoms with Crippen LogP contribution in [0.2, 0.25) is 0 Å². The highest BCUT2D eigenvalue weighted by Crippen LogP contribution is 2.24. The molecule has 1 amide bonds. The summed E-state index contributed by atoms with van der Waals surface area (Å²) in [6.45, 7) is 4.05. The molecular formula is C10H18BrNO3S2. The summed E-state index contributed by atoms with van der Waals surface area (Å²) < 4.78 is 23.9. The van der Waals surface area contributed by atoms with Crippen LogP contribution in [0.3, 0.4) is 0 Å². The van der Waals surface area contributed by atoms with E-state index in [0.717, 1.165) is 5.75 Å². The number of thioether (sulfide) groups is 1. The Bertz CT molecular complexity index is 372. The molecule has 0 radical (unpaired) electrons. The van der Waals surface area contributed by atoms with E-state index in [4.69, 9.17) is 0 Å². The fourth-order valence-corrected chi connectivity index (χ4v) is 4.91. The van der Waals surface area contributed by atoms with Crippen LogP contribution in [0, 0.1) is 0 Å². The zero-order valence-corrected chi connectivity index (χ0v) is 13.3. The molecule has 1 heterocycles. The van der Waals surface area contributed by atoms with Crippen molar-refractivity contribution >= 4 is 43.4 Å². The number of nitrogens with zero attached hydrogens (tertiary/aromatic N) is 1. The number of hydrogen-bond donors (Lipinski definition) is 0. The molecule has 1 aliphatic rings. The normalized spacial score (nSPS) is 23.5. The predicted octanol–water partition coefficient (Wildman–Crippen LogP) is 1.50. The Hall–Kier alpha value is 0.250. The first-order chi connectivity index (χ1) is 7.94. The van der Waals surface area contributed by atoms with E-state index in [1.54, 1.807) is 18.7 Å². The molecule has 100 valence electrons. The van der Waals surface area contributed by atoms with Crippen molar-refractivity contribution in [3.05, 3.63) is 0 Å². The fraction of sp³-hybridized carbons (Fsp3) is 0.900. The van der Waals surface area contributed by atoms with Crippen molar-refractivity contribution in [3.63, 3.8) is 0 Å². The third-order valence-electron chi connectivity index (χ3n) is 2.81. The van der Waals surface area contributed by atoms with Crippen LogP contribution in [0.25, 0.3) is 0 Å².